The fourth-order valence-electron chi connectivity index (χ4n) is 3.11. The Bertz CT molecular complexity index is 1360. The lowest BCUT2D eigenvalue weighted by atomic mass is 10.1. The quantitative estimate of drug-likeness (QED) is 0.180. The standard InChI is InChI=1S/C25H20BrClN4O3S/c1-33-22-11-17(20(26)12-23(22)34-2)13-28-31-24(32)16-5-3-15(4-6-16)21-14-35-25(30-21)29-19-9-7-18(27)8-10-19/h3-14H,1-2H3,(H,29,30)(H,31,32)/b28-13-. The van der Waals surface area contributed by atoms with E-state index in [1.807, 2.05) is 41.8 Å². The van der Waals surface area contributed by atoms with E-state index in [1.54, 1.807) is 38.5 Å². The van der Waals surface area contributed by atoms with Crippen molar-refractivity contribution in [2.24, 2.45) is 5.10 Å². The molecule has 1 aromatic heterocycles. The van der Waals surface area contributed by atoms with Gasteiger partial charge in [0.25, 0.3) is 5.91 Å². The van der Waals surface area contributed by atoms with Gasteiger partial charge in [-0.2, -0.15) is 5.10 Å². The molecule has 0 unspecified atom stereocenters. The van der Waals surface area contributed by atoms with Gasteiger partial charge in [-0.3, -0.25) is 4.79 Å². The normalized spacial score (nSPS) is 10.9. The Hall–Kier alpha value is -3.40. The smallest absolute Gasteiger partial charge is 0.271 e. The van der Waals surface area contributed by atoms with Crippen LogP contribution in [0.25, 0.3) is 11.3 Å². The molecule has 0 aliphatic carbocycles. The minimum Gasteiger partial charge on any atom is -0.493 e. The van der Waals surface area contributed by atoms with E-state index in [1.165, 1.54) is 17.6 Å². The second-order valence-corrected chi connectivity index (χ2v) is 9.32. The first-order chi connectivity index (χ1) is 17.0. The van der Waals surface area contributed by atoms with Crippen molar-refractivity contribution >= 4 is 61.8 Å². The number of carbonyl (C=O) groups excluding carboxylic acids is 1. The number of halogens is 2. The number of methoxy groups -OCH3 is 2. The maximum Gasteiger partial charge on any atom is 0.271 e. The van der Waals surface area contributed by atoms with E-state index in [0.29, 0.717) is 22.1 Å². The van der Waals surface area contributed by atoms with Gasteiger partial charge in [0.05, 0.1) is 26.1 Å². The Morgan fingerprint density at radius 2 is 1.74 bits per heavy atom. The summed E-state index contributed by atoms with van der Waals surface area (Å²) >= 11 is 10.9. The molecule has 2 N–H and O–H groups in total. The number of ether oxygens (including phenoxy) is 2. The van der Waals surface area contributed by atoms with Crippen LogP contribution in [0.1, 0.15) is 15.9 Å². The molecule has 0 spiro atoms. The molecule has 4 rings (SSSR count). The van der Waals surface area contributed by atoms with Crippen LogP contribution in [0, 0.1) is 0 Å². The molecule has 178 valence electrons. The van der Waals surface area contributed by atoms with Gasteiger partial charge >= 0.3 is 0 Å². The van der Waals surface area contributed by atoms with Crippen molar-refractivity contribution in [2.75, 3.05) is 19.5 Å². The van der Waals surface area contributed by atoms with Crippen molar-refractivity contribution in [3.63, 3.8) is 0 Å². The number of carbonyl (C=O) groups is 1. The van der Waals surface area contributed by atoms with Crippen molar-refractivity contribution in [1.29, 1.82) is 0 Å². The van der Waals surface area contributed by atoms with Gasteiger partial charge in [0, 0.05) is 37.3 Å². The summed E-state index contributed by atoms with van der Waals surface area (Å²) in [6.45, 7) is 0. The molecule has 0 bridgehead atoms. The number of rotatable bonds is 8. The monoisotopic (exact) mass is 570 g/mol. The molecule has 10 heteroatoms. The largest absolute Gasteiger partial charge is 0.493 e. The first-order valence-corrected chi connectivity index (χ1v) is 12.4. The van der Waals surface area contributed by atoms with Crippen LogP contribution < -0.4 is 20.2 Å². The Labute approximate surface area is 219 Å². The van der Waals surface area contributed by atoms with Gasteiger partial charge in [0.15, 0.2) is 16.6 Å². The zero-order valence-electron chi connectivity index (χ0n) is 18.7. The number of hydrogen-bond acceptors (Lipinski definition) is 7. The summed E-state index contributed by atoms with van der Waals surface area (Å²) in [7, 11) is 3.12. The summed E-state index contributed by atoms with van der Waals surface area (Å²) in [4.78, 5) is 17.1. The SMILES string of the molecule is COc1cc(Br)c(/C=N\NC(=O)c2ccc(-c3csc(Nc4ccc(Cl)cc4)n3)cc2)cc1OC. The molecule has 0 saturated heterocycles. The van der Waals surface area contributed by atoms with Crippen LogP contribution in [0.3, 0.4) is 0 Å². The van der Waals surface area contributed by atoms with E-state index in [9.17, 15) is 4.79 Å². The number of nitrogens with one attached hydrogen (secondary N) is 2. The molecule has 1 heterocycles. The molecule has 0 saturated carbocycles. The van der Waals surface area contributed by atoms with Gasteiger partial charge in [-0.25, -0.2) is 10.4 Å². The molecule has 0 radical (unpaired) electrons. The Morgan fingerprint density at radius 3 is 2.43 bits per heavy atom. The number of anilines is 2. The van der Waals surface area contributed by atoms with Crippen molar-refractivity contribution in [2.45, 2.75) is 0 Å². The lowest BCUT2D eigenvalue weighted by Gasteiger charge is -2.09. The van der Waals surface area contributed by atoms with E-state index < -0.39 is 0 Å². The number of benzene rings is 3. The topological polar surface area (TPSA) is 84.8 Å². The number of aromatic nitrogens is 1. The second-order valence-electron chi connectivity index (χ2n) is 7.17. The van der Waals surface area contributed by atoms with Crippen molar-refractivity contribution in [3.05, 3.63) is 86.7 Å². The molecular weight excluding hydrogens is 552 g/mol. The summed E-state index contributed by atoms with van der Waals surface area (Å²) < 4.78 is 11.3. The predicted octanol–water partition coefficient (Wildman–Crippen LogP) is 6.75. The number of hydrogen-bond donors (Lipinski definition) is 2. The lowest BCUT2D eigenvalue weighted by molar-refractivity contribution is 0.0955. The summed E-state index contributed by atoms with van der Waals surface area (Å²) in [5, 5.41) is 10.7. The van der Waals surface area contributed by atoms with Crippen LogP contribution in [-0.4, -0.2) is 31.3 Å². The highest BCUT2D eigenvalue weighted by Crippen LogP contribution is 2.32. The zero-order chi connectivity index (χ0) is 24.8. The van der Waals surface area contributed by atoms with E-state index in [-0.39, 0.29) is 5.91 Å². The minimum atomic E-state index is -0.326. The van der Waals surface area contributed by atoms with Gasteiger partial charge in [0.2, 0.25) is 0 Å². The third-order valence-corrected chi connectivity index (χ3v) is 6.61. The number of thiazole rings is 1. The third-order valence-electron chi connectivity index (χ3n) is 4.92. The molecule has 4 aromatic rings. The number of hydrazone groups is 1. The lowest BCUT2D eigenvalue weighted by Crippen LogP contribution is -2.17. The Balaban J connectivity index is 1.39. The molecule has 0 fully saturated rings. The van der Waals surface area contributed by atoms with E-state index >= 15 is 0 Å². The summed E-state index contributed by atoms with van der Waals surface area (Å²) in [5.74, 6) is 0.828. The minimum absolute atomic E-state index is 0.326. The summed E-state index contributed by atoms with van der Waals surface area (Å²) in [6, 6.07) is 18.1. The van der Waals surface area contributed by atoms with Crippen LogP contribution in [-0.2, 0) is 0 Å². The van der Waals surface area contributed by atoms with Crippen molar-refractivity contribution in [1.82, 2.24) is 10.4 Å². The summed E-state index contributed by atoms with van der Waals surface area (Å²) in [5.41, 5.74) is 6.37. The fraction of sp³-hybridized carbons (Fsp3) is 0.0800. The van der Waals surface area contributed by atoms with Gasteiger partial charge in [-0.1, -0.05) is 23.7 Å². The Kier molecular flexibility index (Phi) is 8.02. The van der Waals surface area contributed by atoms with Gasteiger partial charge in [-0.05, 0) is 64.5 Å². The van der Waals surface area contributed by atoms with Gasteiger partial charge in [0.1, 0.15) is 0 Å². The number of nitrogens with zero attached hydrogens (tertiary/aromatic N) is 2. The third kappa shape index (κ3) is 6.19. The maximum absolute atomic E-state index is 12.5. The highest BCUT2D eigenvalue weighted by Gasteiger charge is 2.10. The van der Waals surface area contributed by atoms with Crippen molar-refractivity contribution in [3.8, 4) is 22.8 Å². The van der Waals surface area contributed by atoms with Crippen LogP contribution in [0.4, 0.5) is 10.8 Å². The molecular formula is C25H20BrClN4O3S. The number of amides is 1. The van der Waals surface area contributed by atoms with E-state index in [0.717, 1.165) is 32.1 Å². The van der Waals surface area contributed by atoms with Crippen molar-refractivity contribution < 1.29 is 14.3 Å². The van der Waals surface area contributed by atoms with Crippen LogP contribution in [0.5, 0.6) is 11.5 Å². The summed E-state index contributed by atoms with van der Waals surface area (Å²) in [6.07, 6.45) is 1.53. The first kappa shape index (κ1) is 24.7. The second kappa shape index (κ2) is 11.4. The van der Waals surface area contributed by atoms with Crippen LogP contribution in [0.2, 0.25) is 5.02 Å². The van der Waals surface area contributed by atoms with Gasteiger partial charge in [-0.15, -0.1) is 11.3 Å². The first-order valence-electron chi connectivity index (χ1n) is 10.3. The van der Waals surface area contributed by atoms with E-state index in [2.05, 4.69) is 36.8 Å². The van der Waals surface area contributed by atoms with Gasteiger partial charge < -0.3 is 14.8 Å². The highest BCUT2D eigenvalue weighted by atomic mass is 79.9. The van der Waals surface area contributed by atoms with E-state index in [4.69, 9.17) is 21.1 Å². The molecule has 0 aliphatic rings. The molecule has 1 amide bonds. The zero-order valence-corrected chi connectivity index (χ0v) is 21.9. The average molecular weight is 572 g/mol. The molecule has 0 aliphatic heterocycles. The van der Waals surface area contributed by atoms with Crippen LogP contribution >= 0.6 is 38.9 Å². The Morgan fingerprint density at radius 1 is 1.06 bits per heavy atom. The molecule has 3 aromatic carbocycles. The maximum atomic E-state index is 12.5. The fourth-order valence-corrected chi connectivity index (χ4v) is 4.40. The van der Waals surface area contributed by atoms with Crippen LogP contribution in [0.15, 0.2) is 75.6 Å². The highest BCUT2D eigenvalue weighted by molar-refractivity contribution is 9.10. The predicted molar refractivity (Wildman–Crippen MR) is 145 cm³/mol. The molecule has 7 nitrogen and oxygen atoms in total. The molecule has 35 heavy (non-hydrogen) atoms. The average Bonchev–Trinajstić information content (AvgIpc) is 3.34. The molecule has 0 atom stereocenters.